The molecule has 0 atom stereocenters. The molecular weight excluding hydrogens is 218 g/mol. The molecule has 0 bridgehead atoms. The lowest BCUT2D eigenvalue weighted by Crippen LogP contribution is -2.36. The molecule has 0 N–H and O–H groups in total. The van der Waals surface area contributed by atoms with Crippen LogP contribution in [0.25, 0.3) is 0 Å². The number of ether oxygens (including phenoxy) is 1. The molecule has 0 aromatic heterocycles. The number of imide groups is 1. The summed E-state index contributed by atoms with van der Waals surface area (Å²) in [6, 6.07) is 6.82. The Morgan fingerprint density at radius 1 is 1.06 bits per heavy atom. The van der Waals surface area contributed by atoms with E-state index in [-0.39, 0.29) is 24.1 Å². The van der Waals surface area contributed by atoms with E-state index in [0.717, 1.165) is 4.90 Å². The third-order valence-corrected chi connectivity index (χ3v) is 2.50. The molecule has 0 saturated carbocycles. The Morgan fingerprint density at radius 3 is 1.94 bits per heavy atom. The summed E-state index contributed by atoms with van der Waals surface area (Å²) in [5, 5.41) is 0. The van der Waals surface area contributed by atoms with E-state index in [0.29, 0.717) is 11.1 Å². The number of amides is 2. The first-order chi connectivity index (χ1) is 7.90. The Bertz CT molecular complexity index is 439. The Morgan fingerprint density at radius 2 is 1.53 bits per heavy atom. The predicted molar refractivity (Wildman–Crippen MR) is 62.6 cm³/mol. The lowest BCUT2D eigenvalue weighted by atomic mass is 10.1. The van der Waals surface area contributed by atoms with E-state index in [1.807, 2.05) is 20.8 Å². The molecule has 0 unspecified atom stereocenters. The van der Waals surface area contributed by atoms with Crippen LogP contribution >= 0.6 is 0 Å². The van der Waals surface area contributed by atoms with Gasteiger partial charge < -0.3 is 4.74 Å². The topological polar surface area (TPSA) is 46.6 Å². The fourth-order valence-corrected chi connectivity index (χ4v) is 1.61. The van der Waals surface area contributed by atoms with Gasteiger partial charge in [-0.1, -0.05) is 12.1 Å². The average molecular weight is 233 g/mol. The molecule has 4 heteroatoms. The highest BCUT2D eigenvalue weighted by molar-refractivity contribution is 6.21. The van der Waals surface area contributed by atoms with E-state index in [9.17, 15) is 9.59 Å². The molecule has 0 saturated heterocycles. The monoisotopic (exact) mass is 233 g/mol. The van der Waals surface area contributed by atoms with Gasteiger partial charge in [0.05, 0.1) is 16.7 Å². The summed E-state index contributed by atoms with van der Waals surface area (Å²) in [5.41, 5.74) is 0.528. The first-order valence-corrected chi connectivity index (χ1v) is 5.49. The van der Waals surface area contributed by atoms with Gasteiger partial charge in [-0.3, -0.25) is 9.59 Å². The van der Waals surface area contributed by atoms with Crippen molar-refractivity contribution in [3.63, 3.8) is 0 Å². The van der Waals surface area contributed by atoms with Crippen molar-refractivity contribution < 1.29 is 14.3 Å². The lowest BCUT2D eigenvalue weighted by molar-refractivity contribution is -0.0450. The zero-order valence-electron chi connectivity index (χ0n) is 10.2. The van der Waals surface area contributed by atoms with Crippen molar-refractivity contribution in [2.75, 3.05) is 6.73 Å². The fourth-order valence-electron chi connectivity index (χ4n) is 1.61. The predicted octanol–water partition coefficient (Wildman–Crippen LogP) is 2.06. The highest BCUT2D eigenvalue weighted by Gasteiger charge is 2.35. The van der Waals surface area contributed by atoms with Crippen LogP contribution in [0.15, 0.2) is 24.3 Å². The van der Waals surface area contributed by atoms with Crippen LogP contribution in [-0.4, -0.2) is 29.0 Å². The van der Waals surface area contributed by atoms with Gasteiger partial charge in [0.1, 0.15) is 6.73 Å². The second kappa shape index (κ2) is 3.96. The minimum Gasteiger partial charge on any atom is -0.355 e. The van der Waals surface area contributed by atoms with Crippen LogP contribution in [0.2, 0.25) is 0 Å². The maximum absolute atomic E-state index is 11.9. The van der Waals surface area contributed by atoms with Crippen LogP contribution < -0.4 is 0 Å². The largest absolute Gasteiger partial charge is 0.355 e. The van der Waals surface area contributed by atoms with Gasteiger partial charge in [-0.05, 0) is 32.9 Å². The smallest absolute Gasteiger partial charge is 0.263 e. The summed E-state index contributed by atoms with van der Waals surface area (Å²) in [4.78, 5) is 25.0. The SMILES string of the molecule is CC(C)(C)OCN1C(=O)c2ccccc2C1=O. The van der Waals surface area contributed by atoms with Crippen LogP contribution in [0, 0.1) is 0 Å². The quantitative estimate of drug-likeness (QED) is 0.734. The lowest BCUT2D eigenvalue weighted by Gasteiger charge is -2.23. The highest BCUT2D eigenvalue weighted by Crippen LogP contribution is 2.23. The van der Waals surface area contributed by atoms with E-state index in [1.165, 1.54) is 0 Å². The summed E-state index contributed by atoms with van der Waals surface area (Å²) in [6.07, 6.45) is 0. The molecule has 1 aliphatic heterocycles. The molecule has 0 fully saturated rings. The summed E-state index contributed by atoms with van der Waals surface area (Å²) in [6.45, 7) is 5.64. The molecule has 4 nitrogen and oxygen atoms in total. The van der Waals surface area contributed by atoms with E-state index in [4.69, 9.17) is 4.74 Å². The summed E-state index contributed by atoms with van der Waals surface area (Å²) >= 11 is 0. The Balaban J connectivity index is 2.19. The molecule has 1 aliphatic rings. The van der Waals surface area contributed by atoms with Crippen LogP contribution in [-0.2, 0) is 4.74 Å². The number of benzene rings is 1. The number of carbonyl (C=O) groups is 2. The van der Waals surface area contributed by atoms with Crippen molar-refractivity contribution in [1.29, 1.82) is 0 Å². The van der Waals surface area contributed by atoms with Gasteiger partial charge in [-0.25, -0.2) is 4.90 Å². The maximum atomic E-state index is 11.9. The normalized spacial score (nSPS) is 15.4. The molecule has 2 amide bonds. The number of carbonyl (C=O) groups excluding carboxylic acids is 2. The molecule has 1 aromatic carbocycles. The first-order valence-electron chi connectivity index (χ1n) is 5.49. The second-order valence-electron chi connectivity index (χ2n) is 4.97. The number of fused-ring (bicyclic) bond motifs is 1. The van der Waals surface area contributed by atoms with E-state index in [1.54, 1.807) is 24.3 Å². The van der Waals surface area contributed by atoms with Gasteiger partial charge in [-0.2, -0.15) is 0 Å². The number of rotatable bonds is 2. The molecule has 1 heterocycles. The number of hydrogen-bond donors (Lipinski definition) is 0. The standard InChI is InChI=1S/C13H15NO3/c1-13(2,3)17-8-14-11(15)9-6-4-5-7-10(9)12(14)16/h4-7H,8H2,1-3H3. The number of hydrogen-bond acceptors (Lipinski definition) is 3. The van der Waals surface area contributed by atoms with Crippen molar-refractivity contribution in [3.8, 4) is 0 Å². The molecule has 0 radical (unpaired) electrons. The Kier molecular flexibility index (Phi) is 2.75. The number of nitrogens with zero attached hydrogens (tertiary/aromatic N) is 1. The van der Waals surface area contributed by atoms with Crippen LogP contribution in [0.1, 0.15) is 41.5 Å². The Hall–Kier alpha value is -1.68. The minimum absolute atomic E-state index is 0.00412. The maximum Gasteiger partial charge on any atom is 0.263 e. The minimum atomic E-state index is -0.380. The average Bonchev–Trinajstić information content (AvgIpc) is 2.49. The Labute approximate surface area is 100 Å². The zero-order valence-corrected chi connectivity index (χ0v) is 10.2. The van der Waals surface area contributed by atoms with Crippen molar-refractivity contribution >= 4 is 11.8 Å². The highest BCUT2D eigenvalue weighted by atomic mass is 16.5. The molecular formula is C13H15NO3. The van der Waals surface area contributed by atoms with Gasteiger partial charge >= 0.3 is 0 Å². The molecule has 90 valence electrons. The molecule has 0 spiro atoms. The van der Waals surface area contributed by atoms with Crippen LogP contribution in [0.4, 0.5) is 0 Å². The van der Waals surface area contributed by atoms with Gasteiger partial charge in [0.25, 0.3) is 11.8 Å². The fraction of sp³-hybridized carbons (Fsp3) is 0.385. The second-order valence-corrected chi connectivity index (χ2v) is 4.97. The van der Waals surface area contributed by atoms with E-state index >= 15 is 0 Å². The van der Waals surface area contributed by atoms with Crippen LogP contribution in [0.3, 0.4) is 0 Å². The first kappa shape index (κ1) is 11.8. The summed E-state index contributed by atoms with van der Waals surface area (Å²) < 4.78 is 5.47. The van der Waals surface area contributed by atoms with Crippen molar-refractivity contribution in [2.24, 2.45) is 0 Å². The van der Waals surface area contributed by atoms with Gasteiger partial charge in [0.15, 0.2) is 0 Å². The summed E-state index contributed by atoms with van der Waals surface area (Å²) in [7, 11) is 0. The molecule has 0 aliphatic carbocycles. The van der Waals surface area contributed by atoms with Crippen molar-refractivity contribution in [2.45, 2.75) is 26.4 Å². The van der Waals surface area contributed by atoms with E-state index in [2.05, 4.69) is 0 Å². The molecule has 17 heavy (non-hydrogen) atoms. The van der Waals surface area contributed by atoms with Crippen molar-refractivity contribution in [3.05, 3.63) is 35.4 Å². The summed E-state index contributed by atoms with van der Waals surface area (Å²) in [5.74, 6) is -0.565. The van der Waals surface area contributed by atoms with Gasteiger partial charge in [0, 0.05) is 0 Å². The third-order valence-electron chi connectivity index (χ3n) is 2.50. The van der Waals surface area contributed by atoms with E-state index < -0.39 is 0 Å². The molecule has 2 rings (SSSR count). The van der Waals surface area contributed by atoms with Crippen LogP contribution in [0.5, 0.6) is 0 Å². The van der Waals surface area contributed by atoms with Gasteiger partial charge in [0.2, 0.25) is 0 Å². The van der Waals surface area contributed by atoms with Gasteiger partial charge in [-0.15, -0.1) is 0 Å². The van der Waals surface area contributed by atoms with Crippen molar-refractivity contribution in [1.82, 2.24) is 4.90 Å². The zero-order chi connectivity index (χ0) is 12.6. The molecule has 1 aromatic rings. The third kappa shape index (κ3) is 2.22.